The minimum absolute atomic E-state index is 0.812. The maximum Gasteiger partial charge on any atom is 0.194 e. The second-order valence-corrected chi connectivity index (χ2v) is 6.23. The van der Waals surface area contributed by atoms with Gasteiger partial charge >= 0.3 is 0 Å². The quantitative estimate of drug-likeness (QED) is 0.742. The molecule has 0 fully saturated rings. The fraction of sp³-hybridized carbons (Fsp3) is 0.312. The highest BCUT2D eigenvalue weighted by molar-refractivity contribution is 7.17. The molecule has 0 spiro atoms. The van der Waals surface area contributed by atoms with Gasteiger partial charge in [0.2, 0.25) is 0 Å². The van der Waals surface area contributed by atoms with Gasteiger partial charge in [0.15, 0.2) is 4.96 Å². The number of benzene rings is 1. The van der Waals surface area contributed by atoms with Crippen molar-refractivity contribution in [2.24, 2.45) is 0 Å². The second kappa shape index (κ2) is 4.77. The predicted octanol–water partition coefficient (Wildman–Crippen LogP) is 3.57. The molecule has 1 aromatic carbocycles. The normalized spacial score (nSPS) is 13.6. The Labute approximate surface area is 127 Å². The van der Waals surface area contributed by atoms with Gasteiger partial charge < -0.3 is 9.47 Å². The first-order chi connectivity index (χ1) is 10.3. The average Bonchev–Trinajstić information content (AvgIpc) is 3.18. The monoisotopic (exact) mass is 300 g/mol. The summed E-state index contributed by atoms with van der Waals surface area (Å²) in [6, 6.07) is 5.80. The van der Waals surface area contributed by atoms with E-state index < -0.39 is 0 Å². The van der Waals surface area contributed by atoms with Gasteiger partial charge in [-0.25, -0.2) is 4.98 Å². The molecule has 0 saturated carbocycles. The first kappa shape index (κ1) is 12.7. The molecule has 4 nitrogen and oxygen atoms in total. The van der Waals surface area contributed by atoms with Crippen LogP contribution in [-0.4, -0.2) is 23.6 Å². The summed E-state index contributed by atoms with van der Waals surface area (Å²) < 4.78 is 13.0. The summed E-state index contributed by atoms with van der Waals surface area (Å²) >= 11 is 1.81. The van der Waals surface area contributed by atoms with Crippen molar-refractivity contribution in [1.82, 2.24) is 9.38 Å². The van der Waals surface area contributed by atoms with Crippen LogP contribution in [0.2, 0.25) is 0 Å². The molecule has 0 aliphatic heterocycles. The number of aromatic nitrogens is 2. The van der Waals surface area contributed by atoms with Crippen LogP contribution in [0.1, 0.15) is 17.0 Å². The van der Waals surface area contributed by atoms with Crippen molar-refractivity contribution < 1.29 is 9.47 Å². The minimum Gasteiger partial charge on any atom is -0.497 e. The van der Waals surface area contributed by atoms with Crippen LogP contribution in [0, 0.1) is 0 Å². The van der Waals surface area contributed by atoms with E-state index in [9.17, 15) is 0 Å². The minimum atomic E-state index is 0.812. The van der Waals surface area contributed by atoms with Crippen LogP contribution in [0.25, 0.3) is 16.2 Å². The van der Waals surface area contributed by atoms with Crippen molar-refractivity contribution >= 4 is 16.3 Å². The largest absolute Gasteiger partial charge is 0.497 e. The summed E-state index contributed by atoms with van der Waals surface area (Å²) in [5.74, 6) is 1.63. The van der Waals surface area contributed by atoms with E-state index in [0.717, 1.165) is 34.1 Å². The molecule has 0 saturated heterocycles. The molecule has 5 heteroatoms. The van der Waals surface area contributed by atoms with Crippen molar-refractivity contribution in [1.29, 1.82) is 0 Å². The van der Waals surface area contributed by atoms with E-state index in [1.165, 1.54) is 23.4 Å². The fourth-order valence-electron chi connectivity index (χ4n) is 2.95. The summed E-state index contributed by atoms with van der Waals surface area (Å²) in [6.07, 6.45) is 5.72. The fourth-order valence-corrected chi connectivity index (χ4v) is 4.14. The highest BCUT2D eigenvalue weighted by atomic mass is 32.1. The van der Waals surface area contributed by atoms with E-state index in [1.54, 1.807) is 25.6 Å². The highest BCUT2D eigenvalue weighted by Gasteiger charge is 2.20. The zero-order chi connectivity index (χ0) is 14.4. The summed E-state index contributed by atoms with van der Waals surface area (Å²) in [6.45, 7) is 0. The first-order valence-corrected chi connectivity index (χ1v) is 7.84. The van der Waals surface area contributed by atoms with Gasteiger partial charge in [-0.05, 0) is 37.5 Å². The summed E-state index contributed by atoms with van der Waals surface area (Å²) in [7, 11) is 3.35. The molecule has 108 valence electrons. The number of hydrogen-bond acceptors (Lipinski definition) is 4. The molecule has 0 N–H and O–H groups in total. The van der Waals surface area contributed by atoms with Crippen molar-refractivity contribution in [3.05, 3.63) is 35.0 Å². The smallest absolute Gasteiger partial charge is 0.194 e. The summed E-state index contributed by atoms with van der Waals surface area (Å²) in [5, 5.41) is 0. The van der Waals surface area contributed by atoms with Crippen LogP contribution in [0.15, 0.2) is 24.4 Å². The zero-order valence-corrected chi connectivity index (χ0v) is 12.9. The molecule has 1 aliphatic carbocycles. The Kier molecular flexibility index (Phi) is 2.89. The molecule has 0 bridgehead atoms. The number of aryl methyl sites for hydroxylation is 2. The van der Waals surface area contributed by atoms with Gasteiger partial charge in [0.1, 0.15) is 11.5 Å². The van der Waals surface area contributed by atoms with Crippen LogP contribution < -0.4 is 9.47 Å². The molecular formula is C16H16N2O2S. The standard InChI is InChI=1S/C16H16N2O2S/c1-19-10-6-7-14(20-2)11(8-10)12-9-18-13-4-3-5-15(13)21-16(18)17-12/h6-9H,3-5H2,1-2H3. The lowest BCUT2D eigenvalue weighted by atomic mass is 10.1. The third-order valence-corrected chi connectivity index (χ3v) is 5.16. The molecular weight excluding hydrogens is 284 g/mol. The van der Waals surface area contributed by atoms with Gasteiger partial charge in [0.25, 0.3) is 0 Å². The van der Waals surface area contributed by atoms with Crippen LogP contribution in [0.3, 0.4) is 0 Å². The Morgan fingerprint density at radius 1 is 1.19 bits per heavy atom. The van der Waals surface area contributed by atoms with Gasteiger partial charge in [0.05, 0.1) is 19.9 Å². The van der Waals surface area contributed by atoms with E-state index in [0.29, 0.717) is 0 Å². The number of rotatable bonds is 3. The first-order valence-electron chi connectivity index (χ1n) is 7.02. The van der Waals surface area contributed by atoms with Gasteiger partial charge in [-0.2, -0.15) is 0 Å². The molecule has 2 heterocycles. The Morgan fingerprint density at radius 3 is 2.90 bits per heavy atom. The van der Waals surface area contributed by atoms with Gasteiger partial charge in [-0.3, -0.25) is 4.40 Å². The van der Waals surface area contributed by atoms with Crippen molar-refractivity contribution in [2.45, 2.75) is 19.3 Å². The van der Waals surface area contributed by atoms with E-state index in [2.05, 4.69) is 10.6 Å². The molecule has 0 atom stereocenters. The lowest BCUT2D eigenvalue weighted by molar-refractivity contribution is 0.404. The van der Waals surface area contributed by atoms with E-state index >= 15 is 0 Å². The molecule has 2 aromatic heterocycles. The van der Waals surface area contributed by atoms with Crippen LogP contribution in [0.4, 0.5) is 0 Å². The van der Waals surface area contributed by atoms with Gasteiger partial charge in [0, 0.05) is 22.3 Å². The van der Waals surface area contributed by atoms with Crippen LogP contribution in [0.5, 0.6) is 11.5 Å². The van der Waals surface area contributed by atoms with Crippen molar-refractivity contribution in [3.63, 3.8) is 0 Å². The van der Waals surface area contributed by atoms with Crippen molar-refractivity contribution in [2.75, 3.05) is 14.2 Å². The molecule has 0 radical (unpaired) electrons. The van der Waals surface area contributed by atoms with E-state index in [-0.39, 0.29) is 0 Å². The molecule has 1 aliphatic rings. The Morgan fingerprint density at radius 2 is 2.10 bits per heavy atom. The average molecular weight is 300 g/mol. The van der Waals surface area contributed by atoms with Gasteiger partial charge in [-0.1, -0.05) is 0 Å². The Bertz CT molecular complexity index is 819. The number of imidazole rings is 1. The predicted molar refractivity (Wildman–Crippen MR) is 83.6 cm³/mol. The lowest BCUT2D eigenvalue weighted by Crippen LogP contribution is -1.90. The van der Waals surface area contributed by atoms with Crippen LogP contribution in [-0.2, 0) is 12.8 Å². The number of nitrogens with zero attached hydrogens (tertiary/aromatic N) is 2. The maximum absolute atomic E-state index is 5.46. The lowest BCUT2D eigenvalue weighted by Gasteiger charge is -2.08. The van der Waals surface area contributed by atoms with Crippen molar-refractivity contribution in [3.8, 4) is 22.8 Å². The number of ether oxygens (including phenoxy) is 2. The zero-order valence-electron chi connectivity index (χ0n) is 12.0. The molecule has 0 amide bonds. The highest BCUT2D eigenvalue weighted by Crippen LogP contribution is 2.36. The number of fused-ring (bicyclic) bond motifs is 3. The molecule has 21 heavy (non-hydrogen) atoms. The maximum atomic E-state index is 5.46. The van der Waals surface area contributed by atoms with E-state index in [1.807, 2.05) is 18.2 Å². The van der Waals surface area contributed by atoms with E-state index in [4.69, 9.17) is 14.5 Å². The Balaban J connectivity index is 1.88. The third kappa shape index (κ3) is 1.92. The topological polar surface area (TPSA) is 35.8 Å². The van der Waals surface area contributed by atoms with Gasteiger partial charge in [-0.15, -0.1) is 11.3 Å². The van der Waals surface area contributed by atoms with Crippen LogP contribution >= 0.6 is 11.3 Å². The number of hydrogen-bond donors (Lipinski definition) is 0. The summed E-state index contributed by atoms with van der Waals surface area (Å²) in [5.41, 5.74) is 3.34. The Hall–Kier alpha value is -2.01. The third-order valence-electron chi connectivity index (χ3n) is 4.00. The molecule has 0 unspecified atom stereocenters. The number of thiazole rings is 1. The molecule has 3 aromatic rings. The SMILES string of the molecule is COc1ccc(OC)c(-c2cn3c4c(sc3n2)CCC4)c1. The number of methoxy groups -OCH3 is 2. The summed E-state index contributed by atoms with van der Waals surface area (Å²) in [4.78, 5) is 7.33. The second-order valence-electron chi connectivity index (χ2n) is 5.17. The molecule has 4 rings (SSSR count).